The van der Waals surface area contributed by atoms with Gasteiger partial charge in [0.15, 0.2) is 0 Å². The fraction of sp³-hybridized carbons (Fsp3) is 0.550. The molecule has 4 amide bonds. The molecular weight excluding hydrogens is 394 g/mol. The number of carbonyl (C=O) groups is 3. The van der Waals surface area contributed by atoms with E-state index >= 15 is 0 Å². The van der Waals surface area contributed by atoms with Crippen molar-refractivity contribution < 1.29 is 14.4 Å². The van der Waals surface area contributed by atoms with Gasteiger partial charge in [0.25, 0.3) is 0 Å². The highest BCUT2D eigenvalue weighted by atomic mass is 35.5. The van der Waals surface area contributed by atoms with Crippen LogP contribution in [0.5, 0.6) is 0 Å². The second-order valence-corrected chi connectivity index (χ2v) is 8.06. The molecule has 2 heterocycles. The Bertz CT molecular complexity index is 758. The van der Waals surface area contributed by atoms with Crippen LogP contribution in [0.3, 0.4) is 0 Å². The Morgan fingerprint density at radius 1 is 1.07 bits per heavy atom. The highest BCUT2D eigenvalue weighted by molar-refractivity contribution is 6.30. The topological polar surface area (TPSA) is 99.0 Å². The molecule has 2 saturated heterocycles. The first-order chi connectivity index (χ1) is 13.8. The number of benzene rings is 1. The SMILES string of the molecule is C[C@@H](NC(=O)N1CCN(c2cccc(Cl)c2)CC1)C(=O)N1CCC(C(N)=O)CC1. The minimum absolute atomic E-state index is 0.126. The molecule has 0 aliphatic carbocycles. The zero-order chi connectivity index (χ0) is 21.0. The Morgan fingerprint density at radius 3 is 2.31 bits per heavy atom. The van der Waals surface area contributed by atoms with Gasteiger partial charge in [-0.25, -0.2) is 4.79 Å². The number of nitrogens with zero attached hydrogens (tertiary/aromatic N) is 3. The number of likely N-dealkylation sites (tertiary alicyclic amines) is 1. The van der Waals surface area contributed by atoms with E-state index in [1.165, 1.54) is 0 Å². The monoisotopic (exact) mass is 421 g/mol. The van der Waals surface area contributed by atoms with E-state index in [4.69, 9.17) is 17.3 Å². The van der Waals surface area contributed by atoms with E-state index in [-0.39, 0.29) is 23.8 Å². The molecule has 158 valence electrons. The first kappa shape index (κ1) is 21.2. The van der Waals surface area contributed by atoms with Gasteiger partial charge in [0.2, 0.25) is 11.8 Å². The average molecular weight is 422 g/mol. The van der Waals surface area contributed by atoms with Crippen molar-refractivity contribution in [2.24, 2.45) is 11.7 Å². The zero-order valence-electron chi connectivity index (χ0n) is 16.6. The van der Waals surface area contributed by atoms with Crippen molar-refractivity contribution in [2.45, 2.75) is 25.8 Å². The zero-order valence-corrected chi connectivity index (χ0v) is 17.4. The molecule has 1 atom stereocenters. The van der Waals surface area contributed by atoms with E-state index in [1.807, 2.05) is 24.3 Å². The molecule has 0 unspecified atom stereocenters. The summed E-state index contributed by atoms with van der Waals surface area (Å²) in [7, 11) is 0. The number of hydrogen-bond acceptors (Lipinski definition) is 4. The lowest BCUT2D eigenvalue weighted by Gasteiger charge is -2.37. The molecule has 9 heteroatoms. The lowest BCUT2D eigenvalue weighted by atomic mass is 9.96. The van der Waals surface area contributed by atoms with Crippen molar-refractivity contribution in [3.05, 3.63) is 29.3 Å². The van der Waals surface area contributed by atoms with Crippen LogP contribution in [0, 0.1) is 5.92 Å². The van der Waals surface area contributed by atoms with Crippen LogP contribution in [0.1, 0.15) is 19.8 Å². The van der Waals surface area contributed by atoms with Gasteiger partial charge in [0.05, 0.1) is 0 Å². The molecule has 0 radical (unpaired) electrons. The molecule has 1 aromatic carbocycles. The number of nitrogens with two attached hydrogens (primary N) is 1. The molecule has 2 aliphatic rings. The maximum absolute atomic E-state index is 12.6. The molecule has 0 bridgehead atoms. The fourth-order valence-corrected chi connectivity index (χ4v) is 4.02. The van der Waals surface area contributed by atoms with Gasteiger partial charge in [-0.1, -0.05) is 17.7 Å². The highest BCUT2D eigenvalue weighted by Crippen LogP contribution is 2.21. The van der Waals surface area contributed by atoms with Crippen molar-refractivity contribution >= 4 is 35.1 Å². The van der Waals surface area contributed by atoms with Crippen molar-refractivity contribution in [1.29, 1.82) is 0 Å². The van der Waals surface area contributed by atoms with Gasteiger partial charge in [-0.05, 0) is 38.0 Å². The summed E-state index contributed by atoms with van der Waals surface area (Å²) in [6, 6.07) is 6.82. The number of urea groups is 1. The Kier molecular flexibility index (Phi) is 6.84. The number of carbonyl (C=O) groups excluding carboxylic acids is 3. The van der Waals surface area contributed by atoms with Crippen LogP contribution >= 0.6 is 11.6 Å². The molecule has 2 fully saturated rings. The number of nitrogens with one attached hydrogen (secondary N) is 1. The van der Waals surface area contributed by atoms with Gasteiger partial charge in [-0.2, -0.15) is 0 Å². The Hall–Kier alpha value is -2.48. The van der Waals surface area contributed by atoms with Crippen LogP contribution in [0.4, 0.5) is 10.5 Å². The van der Waals surface area contributed by atoms with Crippen molar-refractivity contribution in [3.8, 4) is 0 Å². The second-order valence-electron chi connectivity index (χ2n) is 7.63. The van der Waals surface area contributed by atoms with Crippen molar-refractivity contribution in [3.63, 3.8) is 0 Å². The first-order valence-electron chi connectivity index (χ1n) is 9.99. The third kappa shape index (κ3) is 5.32. The summed E-state index contributed by atoms with van der Waals surface area (Å²) in [4.78, 5) is 42.1. The molecule has 0 aromatic heterocycles. The number of halogens is 1. The summed E-state index contributed by atoms with van der Waals surface area (Å²) in [6.07, 6.45) is 1.15. The smallest absolute Gasteiger partial charge is 0.318 e. The Morgan fingerprint density at radius 2 is 1.72 bits per heavy atom. The molecule has 0 saturated carbocycles. The van der Waals surface area contributed by atoms with E-state index in [2.05, 4.69) is 10.2 Å². The van der Waals surface area contributed by atoms with Crippen molar-refractivity contribution in [2.75, 3.05) is 44.2 Å². The van der Waals surface area contributed by atoms with Crippen molar-refractivity contribution in [1.82, 2.24) is 15.1 Å². The number of rotatable bonds is 4. The number of primary amides is 1. The molecule has 1 aromatic rings. The lowest BCUT2D eigenvalue weighted by molar-refractivity contribution is -0.136. The Labute approximate surface area is 175 Å². The number of amides is 4. The quantitative estimate of drug-likeness (QED) is 0.765. The van der Waals surface area contributed by atoms with E-state index < -0.39 is 6.04 Å². The third-order valence-corrected chi connectivity index (χ3v) is 5.89. The van der Waals surface area contributed by atoms with Crippen LogP contribution in [0.15, 0.2) is 24.3 Å². The fourth-order valence-electron chi connectivity index (χ4n) is 3.84. The van der Waals surface area contributed by atoms with Gasteiger partial charge < -0.3 is 25.8 Å². The number of piperidine rings is 1. The number of piperazine rings is 1. The van der Waals surface area contributed by atoms with Gasteiger partial charge >= 0.3 is 6.03 Å². The number of hydrogen-bond donors (Lipinski definition) is 2. The van der Waals surface area contributed by atoms with E-state index in [0.29, 0.717) is 57.1 Å². The summed E-state index contributed by atoms with van der Waals surface area (Å²) >= 11 is 6.06. The standard InChI is InChI=1S/C20H28ClN5O3/c1-14(19(28)25-7-5-15(6-8-25)18(22)27)23-20(29)26-11-9-24(10-12-26)17-4-2-3-16(21)13-17/h2-4,13-15H,5-12H2,1H3,(H2,22,27)(H,23,29)/t14-/m1/s1. The summed E-state index contributed by atoms with van der Waals surface area (Å²) < 4.78 is 0. The predicted molar refractivity (Wildman–Crippen MR) is 112 cm³/mol. The van der Waals surface area contributed by atoms with E-state index in [9.17, 15) is 14.4 Å². The molecule has 3 N–H and O–H groups in total. The van der Waals surface area contributed by atoms with Gasteiger partial charge in [-0.3, -0.25) is 9.59 Å². The number of anilines is 1. The predicted octanol–water partition coefficient (Wildman–Crippen LogP) is 1.28. The Balaban J connectivity index is 1.45. The van der Waals surface area contributed by atoms with E-state index in [0.717, 1.165) is 5.69 Å². The van der Waals surface area contributed by atoms with Crippen LogP contribution < -0.4 is 16.0 Å². The summed E-state index contributed by atoms with van der Waals surface area (Å²) in [6.45, 7) is 5.23. The molecule has 3 rings (SSSR count). The molecule has 0 spiro atoms. The maximum atomic E-state index is 12.6. The highest BCUT2D eigenvalue weighted by Gasteiger charge is 2.30. The minimum atomic E-state index is -0.612. The van der Waals surface area contributed by atoms with Crippen LogP contribution in [0.2, 0.25) is 5.02 Å². The van der Waals surface area contributed by atoms with Gasteiger partial charge in [0.1, 0.15) is 6.04 Å². The van der Waals surface area contributed by atoms with Crippen LogP contribution in [-0.2, 0) is 9.59 Å². The summed E-state index contributed by atoms with van der Waals surface area (Å²) in [5.74, 6) is -0.603. The molecular formula is C20H28ClN5O3. The van der Waals surface area contributed by atoms with Gasteiger partial charge in [0, 0.05) is 55.9 Å². The average Bonchev–Trinajstić information content (AvgIpc) is 2.73. The van der Waals surface area contributed by atoms with Crippen LogP contribution in [0.25, 0.3) is 0 Å². The summed E-state index contributed by atoms with van der Waals surface area (Å²) in [5.41, 5.74) is 6.38. The molecule has 29 heavy (non-hydrogen) atoms. The maximum Gasteiger partial charge on any atom is 0.318 e. The largest absolute Gasteiger partial charge is 0.369 e. The summed E-state index contributed by atoms with van der Waals surface area (Å²) in [5, 5.41) is 3.50. The molecule has 8 nitrogen and oxygen atoms in total. The molecule has 2 aliphatic heterocycles. The lowest BCUT2D eigenvalue weighted by Crippen LogP contribution is -2.56. The van der Waals surface area contributed by atoms with Gasteiger partial charge in [-0.15, -0.1) is 0 Å². The third-order valence-electron chi connectivity index (χ3n) is 5.66. The second kappa shape index (κ2) is 9.35. The van der Waals surface area contributed by atoms with Crippen LogP contribution in [-0.4, -0.2) is 73.0 Å². The first-order valence-corrected chi connectivity index (χ1v) is 10.4. The minimum Gasteiger partial charge on any atom is -0.369 e. The van der Waals surface area contributed by atoms with E-state index in [1.54, 1.807) is 16.7 Å². The normalized spacial score (nSPS) is 19.0.